The summed E-state index contributed by atoms with van der Waals surface area (Å²) in [6, 6.07) is 2.92. The summed E-state index contributed by atoms with van der Waals surface area (Å²) in [4.78, 5) is 22.6. The van der Waals surface area contributed by atoms with Gasteiger partial charge in [-0.25, -0.2) is 5.43 Å². The Bertz CT molecular complexity index is 561. The zero-order valence-electron chi connectivity index (χ0n) is 11.6. The number of phenolic OH excluding ortho intramolecular Hbond substituents is 1. The second kappa shape index (κ2) is 8.11. The second-order valence-corrected chi connectivity index (χ2v) is 4.42. The summed E-state index contributed by atoms with van der Waals surface area (Å²) in [5.74, 6) is -1.62. The van der Waals surface area contributed by atoms with Crippen LogP contribution in [0.5, 0.6) is 11.5 Å². The normalized spacial score (nSPS) is 10.4. The van der Waals surface area contributed by atoms with Crippen molar-refractivity contribution >= 4 is 29.6 Å². The molecule has 0 aromatic heterocycles. The molecular weight excluding hydrogens is 298 g/mol. The van der Waals surface area contributed by atoms with E-state index in [1.807, 2.05) is 6.92 Å². The Morgan fingerprint density at radius 1 is 1.43 bits per heavy atom. The van der Waals surface area contributed by atoms with E-state index in [0.717, 1.165) is 6.42 Å². The van der Waals surface area contributed by atoms with E-state index in [2.05, 4.69) is 15.8 Å². The summed E-state index contributed by atoms with van der Waals surface area (Å²) in [6.07, 6.45) is 2.01. The van der Waals surface area contributed by atoms with E-state index in [1.54, 1.807) is 0 Å². The molecule has 0 aliphatic carbocycles. The van der Waals surface area contributed by atoms with Crippen LogP contribution in [0.1, 0.15) is 18.9 Å². The van der Waals surface area contributed by atoms with Crippen molar-refractivity contribution in [3.63, 3.8) is 0 Å². The van der Waals surface area contributed by atoms with Gasteiger partial charge in [-0.1, -0.05) is 18.5 Å². The molecule has 1 rings (SSSR count). The van der Waals surface area contributed by atoms with E-state index >= 15 is 0 Å². The molecule has 1 aromatic carbocycles. The van der Waals surface area contributed by atoms with Crippen LogP contribution in [0, 0.1) is 0 Å². The van der Waals surface area contributed by atoms with Gasteiger partial charge < -0.3 is 15.2 Å². The maximum atomic E-state index is 11.4. The average Bonchev–Trinajstić information content (AvgIpc) is 2.47. The van der Waals surface area contributed by atoms with Crippen molar-refractivity contribution < 1.29 is 19.4 Å². The summed E-state index contributed by atoms with van der Waals surface area (Å²) < 4.78 is 4.93. The number of hydrogen-bond donors (Lipinski definition) is 3. The SMILES string of the molecule is CCCNC(=O)C(=O)N/N=C\c1cc(Cl)c(O)c(OC)c1. The van der Waals surface area contributed by atoms with Crippen molar-refractivity contribution in [3.05, 3.63) is 22.7 Å². The van der Waals surface area contributed by atoms with E-state index < -0.39 is 11.8 Å². The van der Waals surface area contributed by atoms with Crippen LogP contribution >= 0.6 is 11.6 Å². The molecule has 8 heteroatoms. The third kappa shape index (κ3) is 4.96. The van der Waals surface area contributed by atoms with Gasteiger partial charge in [-0.3, -0.25) is 9.59 Å². The van der Waals surface area contributed by atoms with Crippen LogP contribution in [0.2, 0.25) is 5.02 Å². The number of ether oxygens (including phenoxy) is 1. The molecule has 0 spiro atoms. The third-order valence-corrected chi connectivity index (χ3v) is 2.68. The lowest BCUT2D eigenvalue weighted by atomic mass is 10.2. The molecule has 0 fully saturated rings. The van der Waals surface area contributed by atoms with E-state index in [9.17, 15) is 14.7 Å². The molecule has 21 heavy (non-hydrogen) atoms. The Morgan fingerprint density at radius 2 is 2.14 bits per heavy atom. The van der Waals surface area contributed by atoms with Crippen molar-refractivity contribution in [2.45, 2.75) is 13.3 Å². The molecule has 2 amide bonds. The van der Waals surface area contributed by atoms with Gasteiger partial charge in [0.15, 0.2) is 11.5 Å². The summed E-state index contributed by atoms with van der Waals surface area (Å²) in [5.41, 5.74) is 2.57. The Kier molecular flexibility index (Phi) is 6.48. The number of amides is 2. The zero-order valence-corrected chi connectivity index (χ0v) is 12.4. The van der Waals surface area contributed by atoms with E-state index in [1.165, 1.54) is 25.5 Å². The molecule has 0 saturated heterocycles. The monoisotopic (exact) mass is 313 g/mol. The first-order valence-corrected chi connectivity index (χ1v) is 6.55. The van der Waals surface area contributed by atoms with Gasteiger partial charge in [-0.2, -0.15) is 5.10 Å². The second-order valence-electron chi connectivity index (χ2n) is 4.01. The molecule has 3 N–H and O–H groups in total. The minimum absolute atomic E-state index is 0.0859. The first-order chi connectivity index (χ1) is 9.99. The van der Waals surface area contributed by atoms with Crippen LogP contribution in [0.4, 0.5) is 0 Å². The van der Waals surface area contributed by atoms with Gasteiger partial charge in [0, 0.05) is 6.54 Å². The first kappa shape index (κ1) is 16.8. The predicted molar refractivity (Wildman–Crippen MR) is 78.7 cm³/mol. The number of halogens is 1. The van der Waals surface area contributed by atoms with E-state index in [4.69, 9.17) is 16.3 Å². The molecule has 0 saturated carbocycles. The average molecular weight is 314 g/mol. The number of carbonyl (C=O) groups is 2. The van der Waals surface area contributed by atoms with Gasteiger partial charge in [0.05, 0.1) is 18.3 Å². The lowest BCUT2D eigenvalue weighted by molar-refractivity contribution is -0.139. The van der Waals surface area contributed by atoms with Crippen molar-refractivity contribution in [2.75, 3.05) is 13.7 Å². The quantitative estimate of drug-likeness (QED) is 0.429. The molecule has 0 atom stereocenters. The number of phenols is 1. The first-order valence-electron chi connectivity index (χ1n) is 6.17. The third-order valence-electron chi connectivity index (χ3n) is 2.39. The number of aromatic hydroxyl groups is 1. The van der Waals surface area contributed by atoms with Gasteiger partial charge in [0.1, 0.15) is 0 Å². The zero-order chi connectivity index (χ0) is 15.8. The molecular formula is C13H16ClN3O4. The summed E-state index contributed by atoms with van der Waals surface area (Å²) in [6.45, 7) is 2.29. The molecule has 0 bridgehead atoms. The fourth-order valence-electron chi connectivity index (χ4n) is 1.36. The number of carbonyl (C=O) groups excluding carboxylic acids is 2. The highest BCUT2D eigenvalue weighted by molar-refractivity contribution is 6.35. The van der Waals surface area contributed by atoms with Crippen molar-refractivity contribution in [3.8, 4) is 11.5 Å². The number of benzene rings is 1. The molecule has 1 aromatic rings. The Morgan fingerprint density at radius 3 is 2.76 bits per heavy atom. The molecule has 0 aliphatic rings. The fraction of sp³-hybridized carbons (Fsp3) is 0.308. The summed E-state index contributed by atoms with van der Waals surface area (Å²) in [5, 5.41) is 15.7. The number of rotatable bonds is 5. The molecule has 114 valence electrons. The predicted octanol–water partition coefficient (Wildman–Crippen LogP) is 1.03. The topological polar surface area (TPSA) is 100 Å². The van der Waals surface area contributed by atoms with Gasteiger partial charge in [0.25, 0.3) is 0 Å². The highest BCUT2D eigenvalue weighted by atomic mass is 35.5. The lowest BCUT2D eigenvalue weighted by Crippen LogP contribution is -2.38. The minimum Gasteiger partial charge on any atom is -0.503 e. The number of nitrogens with one attached hydrogen (secondary N) is 2. The molecule has 0 radical (unpaired) electrons. The molecule has 0 heterocycles. The van der Waals surface area contributed by atoms with Gasteiger partial charge in [0.2, 0.25) is 0 Å². The van der Waals surface area contributed by atoms with Crippen LogP contribution in [0.3, 0.4) is 0 Å². The molecule has 0 aliphatic heterocycles. The Labute approximate surface area is 126 Å². The highest BCUT2D eigenvalue weighted by Gasteiger charge is 2.11. The lowest BCUT2D eigenvalue weighted by Gasteiger charge is -2.06. The maximum Gasteiger partial charge on any atom is 0.329 e. The summed E-state index contributed by atoms with van der Waals surface area (Å²) in [7, 11) is 1.38. The Balaban J connectivity index is 2.67. The largest absolute Gasteiger partial charge is 0.503 e. The fourth-order valence-corrected chi connectivity index (χ4v) is 1.58. The molecule has 0 unspecified atom stereocenters. The smallest absolute Gasteiger partial charge is 0.329 e. The van der Waals surface area contributed by atoms with Gasteiger partial charge >= 0.3 is 11.8 Å². The highest BCUT2D eigenvalue weighted by Crippen LogP contribution is 2.34. The number of hydrazone groups is 1. The van der Waals surface area contributed by atoms with Crippen molar-refractivity contribution in [1.82, 2.24) is 10.7 Å². The number of methoxy groups -OCH3 is 1. The van der Waals surface area contributed by atoms with Gasteiger partial charge in [-0.15, -0.1) is 0 Å². The van der Waals surface area contributed by atoms with Crippen LogP contribution < -0.4 is 15.5 Å². The number of nitrogens with zero attached hydrogens (tertiary/aromatic N) is 1. The van der Waals surface area contributed by atoms with Crippen molar-refractivity contribution in [1.29, 1.82) is 0 Å². The van der Waals surface area contributed by atoms with Crippen LogP contribution in [-0.4, -0.2) is 36.8 Å². The maximum absolute atomic E-state index is 11.4. The minimum atomic E-state index is -0.864. The van der Waals surface area contributed by atoms with Crippen LogP contribution in [-0.2, 0) is 9.59 Å². The number of hydrogen-bond acceptors (Lipinski definition) is 5. The van der Waals surface area contributed by atoms with Gasteiger partial charge in [-0.05, 0) is 24.1 Å². The van der Waals surface area contributed by atoms with Crippen molar-refractivity contribution in [2.24, 2.45) is 5.10 Å². The van der Waals surface area contributed by atoms with Crippen LogP contribution in [0.15, 0.2) is 17.2 Å². The molecule has 7 nitrogen and oxygen atoms in total. The summed E-state index contributed by atoms with van der Waals surface area (Å²) >= 11 is 5.80. The van der Waals surface area contributed by atoms with E-state index in [0.29, 0.717) is 12.1 Å². The Hall–Kier alpha value is -2.28. The van der Waals surface area contributed by atoms with Crippen LogP contribution in [0.25, 0.3) is 0 Å². The standard InChI is InChI=1S/C13H16ClN3O4/c1-3-4-15-12(19)13(20)17-16-7-8-5-9(14)11(18)10(6-8)21-2/h5-7,18H,3-4H2,1-2H3,(H,15,19)(H,17,20)/b16-7-. The van der Waals surface area contributed by atoms with E-state index in [-0.39, 0.29) is 16.5 Å².